The predicted molar refractivity (Wildman–Crippen MR) is 87.0 cm³/mol. The van der Waals surface area contributed by atoms with Crippen LogP contribution in [0.3, 0.4) is 0 Å². The maximum absolute atomic E-state index is 12.1. The summed E-state index contributed by atoms with van der Waals surface area (Å²) in [4.78, 5) is 24.1. The Labute approximate surface area is 136 Å². The van der Waals surface area contributed by atoms with Gasteiger partial charge in [0.15, 0.2) is 5.76 Å². The van der Waals surface area contributed by atoms with Crippen molar-refractivity contribution in [1.82, 2.24) is 10.6 Å². The summed E-state index contributed by atoms with van der Waals surface area (Å²) in [5.74, 6) is -0.684. The molecule has 0 spiro atoms. The highest BCUT2D eigenvalue weighted by molar-refractivity contribution is 9.10. The van der Waals surface area contributed by atoms with Crippen molar-refractivity contribution in [1.29, 1.82) is 0 Å². The fourth-order valence-corrected chi connectivity index (χ4v) is 2.00. The van der Waals surface area contributed by atoms with Crippen LogP contribution in [0.25, 0.3) is 6.08 Å². The van der Waals surface area contributed by atoms with Crippen LogP contribution in [0.2, 0.25) is 0 Å². The van der Waals surface area contributed by atoms with Crippen LogP contribution in [0.5, 0.6) is 0 Å². The Bertz CT molecular complexity index is 676. The van der Waals surface area contributed by atoms with Gasteiger partial charge in [-0.15, -0.1) is 0 Å². The summed E-state index contributed by atoms with van der Waals surface area (Å²) in [6.45, 7) is 2.27. The first-order chi connectivity index (χ1) is 10.6. The van der Waals surface area contributed by atoms with E-state index in [-0.39, 0.29) is 17.4 Å². The molecule has 6 heteroatoms. The fourth-order valence-electron chi connectivity index (χ4n) is 1.73. The zero-order valence-electron chi connectivity index (χ0n) is 11.9. The first kappa shape index (κ1) is 16.0. The quantitative estimate of drug-likeness (QED) is 0.803. The molecule has 2 rings (SSSR count). The van der Waals surface area contributed by atoms with Crippen LogP contribution in [0.15, 0.2) is 57.2 Å². The first-order valence-electron chi connectivity index (χ1n) is 6.70. The van der Waals surface area contributed by atoms with Gasteiger partial charge in [0, 0.05) is 11.0 Å². The average molecular weight is 363 g/mol. The molecule has 0 fully saturated rings. The van der Waals surface area contributed by atoms with Gasteiger partial charge in [0.05, 0.1) is 6.26 Å². The van der Waals surface area contributed by atoms with E-state index < -0.39 is 5.91 Å². The number of furan rings is 1. The highest BCUT2D eigenvalue weighted by Gasteiger charge is 2.15. The number of rotatable bonds is 5. The molecule has 0 atom stereocenters. The Morgan fingerprint density at radius 2 is 1.95 bits per heavy atom. The molecule has 0 aliphatic carbocycles. The molecule has 0 radical (unpaired) electrons. The van der Waals surface area contributed by atoms with E-state index in [4.69, 9.17) is 4.42 Å². The summed E-state index contributed by atoms with van der Waals surface area (Å²) in [6, 6.07) is 10.5. The zero-order valence-corrected chi connectivity index (χ0v) is 13.5. The minimum Gasteiger partial charge on any atom is -0.459 e. The monoisotopic (exact) mass is 362 g/mol. The molecular formula is C16H15BrN2O3. The maximum atomic E-state index is 12.1. The van der Waals surface area contributed by atoms with E-state index in [1.165, 1.54) is 12.3 Å². The Morgan fingerprint density at radius 3 is 2.55 bits per heavy atom. The second-order valence-electron chi connectivity index (χ2n) is 4.40. The molecule has 0 aliphatic heterocycles. The van der Waals surface area contributed by atoms with E-state index in [1.54, 1.807) is 12.1 Å². The van der Waals surface area contributed by atoms with Gasteiger partial charge in [0.25, 0.3) is 11.8 Å². The largest absolute Gasteiger partial charge is 0.459 e. The molecule has 1 heterocycles. The van der Waals surface area contributed by atoms with E-state index in [0.29, 0.717) is 6.54 Å². The molecule has 0 unspecified atom stereocenters. The Morgan fingerprint density at radius 1 is 1.23 bits per heavy atom. The molecule has 22 heavy (non-hydrogen) atoms. The van der Waals surface area contributed by atoms with Crippen molar-refractivity contribution in [2.24, 2.45) is 0 Å². The molecule has 2 N–H and O–H groups in total. The van der Waals surface area contributed by atoms with Crippen molar-refractivity contribution < 1.29 is 14.0 Å². The lowest BCUT2D eigenvalue weighted by Gasteiger charge is -2.09. The number of carbonyl (C=O) groups excluding carboxylic acids is 2. The lowest BCUT2D eigenvalue weighted by Crippen LogP contribution is -2.34. The third kappa shape index (κ3) is 4.33. The van der Waals surface area contributed by atoms with Gasteiger partial charge in [-0.3, -0.25) is 9.59 Å². The number of hydrogen-bond donors (Lipinski definition) is 2. The van der Waals surface area contributed by atoms with Gasteiger partial charge in [0.1, 0.15) is 5.70 Å². The third-order valence-corrected chi connectivity index (χ3v) is 3.28. The van der Waals surface area contributed by atoms with Gasteiger partial charge in [0.2, 0.25) is 0 Å². The van der Waals surface area contributed by atoms with Crippen molar-refractivity contribution in [3.8, 4) is 0 Å². The van der Waals surface area contributed by atoms with E-state index in [1.807, 2.05) is 31.2 Å². The molecule has 2 aromatic rings. The lowest BCUT2D eigenvalue weighted by molar-refractivity contribution is -0.117. The second kappa shape index (κ2) is 7.61. The molecule has 2 amide bonds. The molecule has 5 nitrogen and oxygen atoms in total. The Balaban J connectivity index is 2.24. The average Bonchev–Trinajstić information content (AvgIpc) is 3.03. The van der Waals surface area contributed by atoms with E-state index in [0.717, 1.165) is 10.0 Å². The Kier molecular flexibility index (Phi) is 5.55. The van der Waals surface area contributed by atoms with E-state index >= 15 is 0 Å². The van der Waals surface area contributed by atoms with Crippen LogP contribution >= 0.6 is 15.9 Å². The van der Waals surface area contributed by atoms with Gasteiger partial charge in [-0.1, -0.05) is 28.1 Å². The highest BCUT2D eigenvalue weighted by atomic mass is 79.9. The number of likely N-dealkylation sites (N-methyl/N-ethyl adjacent to an activating group) is 1. The standard InChI is InChI=1S/C16H15BrN2O3/c1-2-18-15(20)13(10-11-5-7-12(17)8-6-11)19-16(21)14-4-3-9-22-14/h3-10H,2H2,1H3,(H,18,20)(H,19,21)/b13-10+. The van der Waals surface area contributed by atoms with Crippen molar-refractivity contribution in [3.63, 3.8) is 0 Å². The smallest absolute Gasteiger partial charge is 0.291 e. The molecule has 0 saturated carbocycles. The van der Waals surface area contributed by atoms with Gasteiger partial charge in [-0.05, 0) is 42.8 Å². The molecule has 114 valence electrons. The predicted octanol–water partition coefficient (Wildman–Crippen LogP) is 2.95. The number of benzene rings is 1. The number of halogens is 1. The van der Waals surface area contributed by atoms with Crippen LogP contribution in [0.4, 0.5) is 0 Å². The van der Waals surface area contributed by atoms with E-state index in [9.17, 15) is 9.59 Å². The lowest BCUT2D eigenvalue weighted by atomic mass is 10.2. The van der Waals surface area contributed by atoms with Crippen LogP contribution in [-0.2, 0) is 4.79 Å². The fraction of sp³-hybridized carbons (Fsp3) is 0.125. The van der Waals surface area contributed by atoms with Crippen LogP contribution in [0, 0.1) is 0 Å². The highest BCUT2D eigenvalue weighted by Crippen LogP contribution is 2.13. The minimum atomic E-state index is -0.473. The van der Waals surface area contributed by atoms with Gasteiger partial charge >= 0.3 is 0 Å². The number of carbonyl (C=O) groups is 2. The van der Waals surface area contributed by atoms with Crippen LogP contribution in [-0.4, -0.2) is 18.4 Å². The normalized spacial score (nSPS) is 11.1. The Hall–Kier alpha value is -2.34. The minimum absolute atomic E-state index is 0.144. The van der Waals surface area contributed by atoms with Crippen LogP contribution in [0.1, 0.15) is 23.0 Å². The van der Waals surface area contributed by atoms with Gasteiger partial charge in [-0.2, -0.15) is 0 Å². The molecular weight excluding hydrogens is 348 g/mol. The summed E-state index contributed by atoms with van der Waals surface area (Å²) in [7, 11) is 0. The molecule has 0 bridgehead atoms. The number of amides is 2. The van der Waals surface area contributed by atoms with Gasteiger partial charge < -0.3 is 15.1 Å². The number of nitrogens with one attached hydrogen (secondary N) is 2. The molecule has 0 saturated heterocycles. The summed E-state index contributed by atoms with van der Waals surface area (Å²) < 4.78 is 5.96. The van der Waals surface area contributed by atoms with Crippen molar-refractivity contribution in [2.45, 2.75) is 6.92 Å². The van der Waals surface area contributed by atoms with Crippen LogP contribution < -0.4 is 10.6 Å². The summed E-state index contributed by atoms with van der Waals surface area (Å²) >= 11 is 3.35. The SMILES string of the molecule is CCNC(=O)/C(=C\c1ccc(Br)cc1)NC(=O)c1ccco1. The van der Waals surface area contributed by atoms with Crippen molar-refractivity contribution in [2.75, 3.05) is 6.54 Å². The van der Waals surface area contributed by atoms with Crippen molar-refractivity contribution in [3.05, 3.63) is 64.2 Å². The molecule has 1 aromatic heterocycles. The third-order valence-electron chi connectivity index (χ3n) is 2.76. The van der Waals surface area contributed by atoms with Gasteiger partial charge in [-0.25, -0.2) is 0 Å². The molecule has 1 aromatic carbocycles. The maximum Gasteiger partial charge on any atom is 0.291 e. The van der Waals surface area contributed by atoms with E-state index in [2.05, 4.69) is 26.6 Å². The topological polar surface area (TPSA) is 71.3 Å². The summed E-state index contributed by atoms with van der Waals surface area (Å²) in [6.07, 6.45) is 3.01. The first-order valence-corrected chi connectivity index (χ1v) is 7.49. The zero-order chi connectivity index (χ0) is 15.9. The summed E-state index contributed by atoms with van der Waals surface area (Å²) in [5, 5.41) is 5.24. The number of hydrogen-bond acceptors (Lipinski definition) is 3. The second-order valence-corrected chi connectivity index (χ2v) is 5.32. The molecule has 0 aliphatic rings. The summed E-state index contributed by atoms with van der Waals surface area (Å²) in [5.41, 5.74) is 0.953. The van der Waals surface area contributed by atoms with Crippen molar-refractivity contribution >= 4 is 33.8 Å².